The lowest BCUT2D eigenvalue weighted by atomic mass is 9.87. The summed E-state index contributed by atoms with van der Waals surface area (Å²) < 4.78 is 13.9. The molecule has 3 N–H and O–H groups in total. The Morgan fingerprint density at radius 1 is 1.35 bits per heavy atom. The molecule has 2 rings (SSSR count). The van der Waals surface area contributed by atoms with Crippen LogP contribution in [0.3, 0.4) is 0 Å². The molecule has 0 radical (unpaired) electrons. The summed E-state index contributed by atoms with van der Waals surface area (Å²) in [6, 6.07) is 3.62. The second kappa shape index (κ2) is 5.15. The molecule has 17 heavy (non-hydrogen) atoms. The number of nitrogens with one attached hydrogen (secondary N) is 1. The Morgan fingerprint density at radius 2 is 2.06 bits per heavy atom. The van der Waals surface area contributed by atoms with Crippen LogP contribution in [-0.2, 0) is 12.8 Å². The van der Waals surface area contributed by atoms with E-state index in [1.165, 1.54) is 6.07 Å². The van der Waals surface area contributed by atoms with Gasteiger partial charge in [0.2, 0.25) is 0 Å². The summed E-state index contributed by atoms with van der Waals surface area (Å²) in [6.45, 7) is 1.01. The molecule has 0 aliphatic heterocycles. The Bertz CT molecular complexity index is 463. The van der Waals surface area contributed by atoms with Crippen molar-refractivity contribution in [3.05, 3.63) is 28.6 Å². The van der Waals surface area contributed by atoms with Gasteiger partial charge in [-0.2, -0.15) is 5.26 Å². The molecule has 0 bridgehead atoms. The number of benzene rings is 1. The highest BCUT2D eigenvalue weighted by atomic mass is 19.1. The second-order valence-electron chi connectivity index (χ2n) is 4.27. The summed E-state index contributed by atoms with van der Waals surface area (Å²) in [5.74, 6) is -0.196. The van der Waals surface area contributed by atoms with E-state index in [1.807, 2.05) is 0 Å². The van der Waals surface area contributed by atoms with Crippen molar-refractivity contribution in [3.63, 3.8) is 0 Å². The molecular weight excluding hydrogens is 217 g/mol. The minimum atomic E-state index is -0.196. The summed E-state index contributed by atoms with van der Waals surface area (Å²) in [5.41, 5.74) is 8.19. The average Bonchev–Trinajstić information content (AvgIpc) is 2.36. The molecule has 1 aliphatic rings. The van der Waals surface area contributed by atoms with E-state index in [0.29, 0.717) is 24.3 Å². The third kappa shape index (κ3) is 2.25. The normalized spacial score (nSPS) is 13.9. The molecule has 4 heteroatoms. The van der Waals surface area contributed by atoms with E-state index in [9.17, 15) is 9.65 Å². The smallest absolute Gasteiger partial charge is 0.128 e. The molecule has 1 aromatic carbocycles. The topological polar surface area (TPSA) is 61.8 Å². The highest BCUT2D eigenvalue weighted by Crippen LogP contribution is 2.31. The van der Waals surface area contributed by atoms with Gasteiger partial charge >= 0.3 is 0 Å². The van der Waals surface area contributed by atoms with Crippen LogP contribution in [0, 0.1) is 17.1 Å². The zero-order chi connectivity index (χ0) is 12.3. The van der Waals surface area contributed by atoms with Gasteiger partial charge in [0.1, 0.15) is 11.9 Å². The summed E-state index contributed by atoms with van der Waals surface area (Å²) in [6.07, 6.45) is 3.58. The van der Waals surface area contributed by atoms with Crippen LogP contribution in [0.2, 0.25) is 0 Å². The summed E-state index contributed by atoms with van der Waals surface area (Å²) in [7, 11) is 0. The quantitative estimate of drug-likeness (QED) is 0.838. The molecule has 0 saturated carbocycles. The van der Waals surface area contributed by atoms with Crippen LogP contribution in [0.25, 0.3) is 0 Å². The molecule has 1 aliphatic carbocycles. The van der Waals surface area contributed by atoms with E-state index < -0.39 is 0 Å². The van der Waals surface area contributed by atoms with Gasteiger partial charge in [0.15, 0.2) is 0 Å². The number of hydrogen-bond donors (Lipinski definition) is 2. The Morgan fingerprint density at radius 3 is 2.71 bits per heavy atom. The molecular formula is C13H16FN3. The number of nitriles is 1. The zero-order valence-corrected chi connectivity index (χ0v) is 9.72. The van der Waals surface area contributed by atoms with E-state index in [4.69, 9.17) is 5.73 Å². The fourth-order valence-electron chi connectivity index (χ4n) is 2.37. The molecule has 3 nitrogen and oxygen atoms in total. The van der Waals surface area contributed by atoms with Gasteiger partial charge in [-0.05, 0) is 42.9 Å². The van der Waals surface area contributed by atoms with Gasteiger partial charge in [0, 0.05) is 13.1 Å². The van der Waals surface area contributed by atoms with Gasteiger partial charge in [-0.1, -0.05) is 0 Å². The number of anilines is 1. The maximum Gasteiger partial charge on any atom is 0.128 e. The van der Waals surface area contributed by atoms with E-state index in [0.717, 1.165) is 36.8 Å². The Balaban J connectivity index is 2.47. The molecule has 0 fully saturated rings. The zero-order valence-electron chi connectivity index (χ0n) is 9.72. The molecule has 0 aromatic heterocycles. The first-order valence-electron chi connectivity index (χ1n) is 5.96. The Kier molecular flexibility index (Phi) is 3.60. The van der Waals surface area contributed by atoms with Crippen molar-refractivity contribution in [1.29, 1.82) is 5.26 Å². The largest absolute Gasteiger partial charge is 0.383 e. The first-order chi connectivity index (χ1) is 8.27. The third-order valence-corrected chi connectivity index (χ3v) is 3.17. The lowest BCUT2D eigenvalue weighted by Crippen LogP contribution is -2.16. The second-order valence-corrected chi connectivity index (χ2v) is 4.27. The van der Waals surface area contributed by atoms with Crippen molar-refractivity contribution in [2.75, 3.05) is 18.4 Å². The number of nitrogens with two attached hydrogens (primary N) is 1. The molecule has 0 spiro atoms. The van der Waals surface area contributed by atoms with Crippen molar-refractivity contribution in [2.45, 2.75) is 25.7 Å². The minimum Gasteiger partial charge on any atom is -0.383 e. The highest BCUT2D eigenvalue weighted by Gasteiger charge is 2.20. The molecule has 90 valence electrons. The van der Waals surface area contributed by atoms with Crippen molar-refractivity contribution in [3.8, 4) is 6.07 Å². The molecule has 0 atom stereocenters. The maximum absolute atomic E-state index is 13.9. The predicted octanol–water partition coefficient (Wildman–Crippen LogP) is 1.95. The number of hydrogen-bond acceptors (Lipinski definition) is 3. The maximum atomic E-state index is 13.9. The number of rotatable bonds is 3. The standard InChI is InChI=1S/C13H16FN3/c14-12-7-13(17-6-5-15)11(8-16)9-3-1-2-4-10(9)12/h7,17H,1-6,15H2. The molecule has 0 unspecified atom stereocenters. The van der Waals surface area contributed by atoms with E-state index in [2.05, 4.69) is 11.4 Å². The molecule has 0 amide bonds. The van der Waals surface area contributed by atoms with E-state index in [-0.39, 0.29) is 5.82 Å². The van der Waals surface area contributed by atoms with Crippen LogP contribution in [0.15, 0.2) is 6.07 Å². The SMILES string of the molecule is N#Cc1c(NCCN)cc(F)c2c1CCCC2. The van der Waals surface area contributed by atoms with Gasteiger partial charge in [-0.15, -0.1) is 0 Å². The van der Waals surface area contributed by atoms with Crippen LogP contribution in [-0.4, -0.2) is 13.1 Å². The minimum absolute atomic E-state index is 0.196. The molecule has 1 aromatic rings. The van der Waals surface area contributed by atoms with Gasteiger partial charge in [0.25, 0.3) is 0 Å². The monoisotopic (exact) mass is 233 g/mol. The fraction of sp³-hybridized carbons (Fsp3) is 0.462. The van der Waals surface area contributed by atoms with Crippen LogP contribution in [0.4, 0.5) is 10.1 Å². The first-order valence-corrected chi connectivity index (χ1v) is 5.96. The lowest BCUT2D eigenvalue weighted by molar-refractivity contribution is 0.578. The summed E-state index contributed by atoms with van der Waals surface area (Å²) in [4.78, 5) is 0. The van der Waals surface area contributed by atoms with Gasteiger partial charge < -0.3 is 11.1 Å². The van der Waals surface area contributed by atoms with Crippen molar-refractivity contribution < 1.29 is 4.39 Å². The number of fused-ring (bicyclic) bond motifs is 1. The van der Waals surface area contributed by atoms with Crippen molar-refractivity contribution >= 4 is 5.69 Å². The molecule has 0 heterocycles. The van der Waals surface area contributed by atoms with E-state index >= 15 is 0 Å². The average molecular weight is 233 g/mol. The first kappa shape index (κ1) is 11.9. The number of halogens is 1. The van der Waals surface area contributed by atoms with Crippen molar-refractivity contribution in [2.24, 2.45) is 5.73 Å². The summed E-state index contributed by atoms with van der Waals surface area (Å²) in [5, 5.41) is 12.2. The summed E-state index contributed by atoms with van der Waals surface area (Å²) >= 11 is 0. The van der Waals surface area contributed by atoms with Crippen LogP contribution in [0.5, 0.6) is 0 Å². The Labute approximate surface area is 100 Å². The van der Waals surface area contributed by atoms with Crippen LogP contribution >= 0.6 is 0 Å². The fourth-order valence-corrected chi connectivity index (χ4v) is 2.37. The van der Waals surface area contributed by atoms with Gasteiger partial charge in [-0.25, -0.2) is 4.39 Å². The predicted molar refractivity (Wildman–Crippen MR) is 65.3 cm³/mol. The van der Waals surface area contributed by atoms with Gasteiger partial charge in [0.05, 0.1) is 11.3 Å². The highest BCUT2D eigenvalue weighted by molar-refractivity contribution is 5.64. The van der Waals surface area contributed by atoms with E-state index in [1.54, 1.807) is 0 Å². The van der Waals surface area contributed by atoms with Crippen molar-refractivity contribution in [1.82, 2.24) is 0 Å². The van der Waals surface area contributed by atoms with Gasteiger partial charge in [-0.3, -0.25) is 0 Å². The lowest BCUT2D eigenvalue weighted by Gasteiger charge is -2.20. The number of nitrogens with zero attached hydrogens (tertiary/aromatic N) is 1. The van der Waals surface area contributed by atoms with Crippen LogP contribution in [0.1, 0.15) is 29.5 Å². The molecule has 0 saturated heterocycles. The van der Waals surface area contributed by atoms with Crippen LogP contribution < -0.4 is 11.1 Å². The Hall–Kier alpha value is -1.60. The third-order valence-electron chi connectivity index (χ3n) is 3.17.